The van der Waals surface area contributed by atoms with Crippen LogP contribution < -0.4 is 14.8 Å². The number of carbonyl (C=O) groups is 1. The van der Waals surface area contributed by atoms with Crippen molar-refractivity contribution in [1.29, 1.82) is 0 Å². The normalized spacial score (nSPS) is 10.3. The number of carbonyl (C=O) groups excluding carboxylic acids is 1. The van der Waals surface area contributed by atoms with Crippen LogP contribution in [0.1, 0.15) is 10.4 Å². The molecule has 0 aliphatic carbocycles. The van der Waals surface area contributed by atoms with Gasteiger partial charge in [0, 0.05) is 5.56 Å². The number of rotatable bonds is 7. The van der Waals surface area contributed by atoms with E-state index in [-0.39, 0.29) is 17.2 Å². The molecule has 0 saturated carbocycles. The zero-order valence-electron chi connectivity index (χ0n) is 11.7. The summed E-state index contributed by atoms with van der Waals surface area (Å²) in [6, 6.07) is 14.8. The van der Waals surface area contributed by atoms with Crippen LogP contribution in [-0.2, 0) is 0 Å². The maximum absolute atomic E-state index is 12.1. The van der Waals surface area contributed by atoms with E-state index >= 15 is 0 Å². The molecule has 1 amide bonds. The van der Waals surface area contributed by atoms with E-state index in [2.05, 4.69) is 10.1 Å². The summed E-state index contributed by atoms with van der Waals surface area (Å²) in [7, 11) is 0. The van der Waals surface area contributed by atoms with Gasteiger partial charge in [0.25, 0.3) is 5.91 Å². The Morgan fingerprint density at radius 3 is 2.50 bits per heavy atom. The summed E-state index contributed by atoms with van der Waals surface area (Å²) in [6.45, 7) is -2.31. The van der Waals surface area contributed by atoms with Gasteiger partial charge in [-0.1, -0.05) is 24.3 Å². The second-order valence-electron chi connectivity index (χ2n) is 4.32. The summed E-state index contributed by atoms with van der Waals surface area (Å²) in [4.78, 5) is 11.9. The summed E-state index contributed by atoms with van der Waals surface area (Å²) in [5, 5.41) is 2.64. The molecule has 0 aliphatic rings. The maximum Gasteiger partial charge on any atom is 0.387 e. The number of alkyl halides is 2. The van der Waals surface area contributed by atoms with Crippen LogP contribution in [0.15, 0.2) is 54.6 Å². The minimum atomic E-state index is -2.92. The highest BCUT2D eigenvalue weighted by Crippen LogP contribution is 2.15. The van der Waals surface area contributed by atoms with Crippen molar-refractivity contribution in [3.63, 3.8) is 0 Å². The second-order valence-corrected chi connectivity index (χ2v) is 4.32. The first-order chi connectivity index (χ1) is 10.6. The molecule has 6 heteroatoms. The van der Waals surface area contributed by atoms with Gasteiger partial charge in [-0.05, 0) is 30.3 Å². The molecule has 4 nitrogen and oxygen atoms in total. The monoisotopic (exact) mass is 307 g/mol. The van der Waals surface area contributed by atoms with Crippen molar-refractivity contribution in [1.82, 2.24) is 5.32 Å². The summed E-state index contributed by atoms with van der Waals surface area (Å²) in [6.07, 6.45) is 0. The van der Waals surface area contributed by atoms with Crippen molar-refractivity contribution < 1.29 is 23.0 Å². The van der Waals surface area contributed by atoms with Crippen LogP contribution in [0.3, 0.4) is 0 Å². The maximum atomic E-state index is 12.1. The predicted molar refractivity (Wildman–Crippen MR) is 77.3 cm³/mol. The van der Waals surface area contributed by atoms with E-state index in [1.54, 1.807) is 0 Å². The molecule has 0 radical (unpaired) electrons. The zero-order chi connectivity index (χ0) is 15.8. The smallest absolute Gasteiger partial charge is 0.387 e. The molecule has 1 N–H and O–H groups in total. The van der Waals surface area contributed by atoms with Crippen LogP contribution in [0.25, 0.3) is 0 Å². The Bertz CT molecular complexity index is 605. The van der Waals surface area contributed by atoms with E-state index in [1.165, 1.54) is 24.3 Å². The van der Waals surface area contributed by atoms with Gasteiger partial charge in [-0.15, -0.1) is 0 Å². The third-order valence-electron chi connectivity index (χ3n) is 2.72. The van der Waals surface area contributed by atoms with Crippen molar-refractivity contribution in [2.75, 3.05) is 13.2 Å². The van der Waals surface area contributed by atoms with Crippen LogP contribution in [0.4, 0.5) is 8.78 Å². The molecule has 0 fully saturated rings. The predicted octanol–water partition coefficient (Wildman–Crippen LogP) is 3.10. The highest BCUT2D eigenvalue weighted by Gasteiger charge is 2.09. The Kier molecular flexibility index (Phi) is 5.71. The molecule has 0 aliphatic heterocycles. The van der Waals surface area contributed by atoms with Crippen LogP contribution in [0.2, 0.25) is 0 Å². The number of ether oxygens (including phenoxy) is 2. The average Bonchev–Trinajstić information content (AvgIpc) is 2.52. The molecule has 2 rings (SSSR count). The molecule has 0 bridgehead atoms. The van der Waals surface area contributed by atoms with Gasteiger partial charge in [-0.25, -0.2) is 0 Å². The summed E-state index contributed by atoms with van der Waals surface area (Å²) >= 11 is 0. The number of nitrogens with one attached hydrogen (secondary N) is 1. The first-order valence-corrected chi connectivity index (χ1v) is 6.66. The lowest BCUT2D eigenvalue weighted by Gasteiger charge is -2.09. The minimum absolute atomic E-state index is 0.0526. The molecule has 22 heavy (non-hydrogen) atoms. The fourth-order valence-corrected chi connectivity index (χ4v) is 1.77. The van der Waals surface area contributed by atoms with Crippen molar-refractivity contribution in [3.05, 3.63) is 60.2 Å². The summed E-state index contributed by atoms with van der Waals surface area (Å²) in [5.41, 5.74) is 0.248. The lowest BCUT2D eigenvalue weighted by Crippen LogP contribution is -2.28. The van der Waals surface area contributed by atoms with Gasteiger partial charge in [0.2, 0.25) is 0 Å². The first kappa shape index (κ1) is 15.8. The highest BCUT2D eigenvalue weighted by atomic mass is 19.3. The molecular weight excluding hydrogens is 292 g/mol. The molecular formula is C16H15F2NO3. The van der Waals surface area contributed by atoms with E-state index in [0.717, 1.165) is 0 Å². The van der Waals surface area contributed by atoms with Crippen molar-refractivity contribution in [2.45, 2.75) is 6.61 Å². The number of benzene rings is 2. The van der Waals surface area contributed by atoms with Crippen molar-refractivity contribution in [3.8, 4) is 11.5 Å². The van der Waals surface area contributed by atoms with Crippen LogP contribution in [0, 0.1) is 0 Å². The van der Waals surface area contributed by atoms with Gasteiger partial charge in [0.1, 0.15) is 18.1 Å². The Morgan fingerprint density at radius 2 is 1.77 bits per heavy atom. The van der Waals surface area contributed by atoms with Gasteiger partial charge in [0.15, 0.2) is 0 Å². The zero-order valence-corrected chi connectivity index (χ0v) is 11.7. The quantitative estimate of drug-likeness (QED) is 0.800. The topological polar surface area (TPSA) is 47.6 Å². The first-order valence-electron chi connectivity index (χ1n) is 6.66. The summed E-state index contributed by atoms with van der Waals surface area (Å²) < 4.78 is 33.9. The lowest BCUT2D eigenvalue weighted by atomic mass is 10.2. The standard InChI is InChI=1S/C16H15F2NO3/c17-16(18)22-14-8-4-5-12(11-14)15(20)19-9-10-21-13-6-2-1-3-7-13/h1-8,11,16H,9-10H2,(H,19,20). The molecule has 116 valence electrons. The second kappa shape index (κ2) is 7.97. The number of halogens is 2. The number of amides is 1. The molecule has 2 aromatic rings. The Morgan fingerprint density at radius 1 is 1.05 bits per heavy atom. The van der Waals surface area contributed by atoms with Gasteiger partial charge in [0.05, 0.1) is 6.54 Å². The SMILES string of the molecule is O=C(NCCOc1ccccc1)c1cccc(OC(F)F)c1. The third kappa shape index (κ3) is 5.05. The minimum Gasteiger partial charge on any atom is -0.492 e. The largest absolute Gasteiger partial charge is 0.492 e. The Balaban J connectivity index is 1.79. The van der Waals surface area contributed by atoms with E-state index in [0.29, 0.717) is 18.9 Å². The van der Waals surface area contributed by atoms with E-state index < -0.39 is 6.61 Å². The molecule has 0 aromatic heterocycles. The van der Waals surface area contributed by atoms with Crippen LogP contribution >= 0.6 is 0 Å². The van der Waals surface area contributed by atoms with Gasteiger partial charge < -0.3 is 14.8 Å². The Labute approximate surface area is 126 Å². The molecule has 0 heterocycles. The van der Waals surface area contributed by atoms with Crippen LogP contribution in [0.5, 0.6) is 11.5 Å². The van der Waals surface area contributed by atoms with E-state index in [9.17, 15) is 13.6 Å². The number of hydrogen-bond donors (Lipinski definition) is 1. The van der Waals surface area contributed by atoms with E-state index in [1.807, 2.05) is 30.3 Å². The highest BCUT2D eigenvalue weighted by molar-refractivity contribution is 5.94. The van der Waals surface area contributed by atoms with Gasteiger partial charge in [-0.2, -0.15) is 8.78 Å². The van der Waals surface area contributed by atoms with Crippen molar-refractivity contribution in [2.24, 2.45) is 0 Å². The Hall–Kier alpha value is -2.63. The lowest BCUT2D eigenvalue weighted by molar-refractivity contribution is -0.0498. The molecule has 2 aromatic carbocycles. The average molecular weight is 307 g/mol. The summed E-state index contributed by atoms with van der Waals surface area (Å²) in [5.74, 6) is 0.281. The van der Waals surface area contributed by atoms with Gasteiger partial charge >= 0.3 is 6.61 Å². The molecule has 0 spiro atoms. The number of para-hydroxylation sites is 1. The number of hydrogen-bond acceptors (Lipinski definition) is 3. The molecule has 0 unspecified atom stereocenters. The molecule has 0 atom stereocenters. The fraction of sp³-hybridized carbons (Fsp3) is 0.188. The van der Waals surface area contributed by atoms with Crippen LogP contribution in [-0.4, -0.2) is 25.7 Å². The van der Waals surface area contributed by atoms with E-state index in [4.69, 9.17) is 4.74 Å². The fourth-order valence-electron chi connectivity index (χ4n) is 1.77. The molecule has 0 saturated heterocycles. The third-order valence-corrected chi connectivity index (χ3v) is 2.72. The van der Waals surface area contributed by atoms with Gasteiger partial charge in [-0.3, -0.25) is 4.79 Å². The van der Waals surface area contributed by atoms with Crippen molar-refractivity contribution >= 4 is 5.91 Å².